The predicted molar refractivity (Wildman–Crippen MR) is 90.2 cm³/mol. The van der Waals surface area contributed by atoms with Crippen molar-refractivity contribution >= 4 is 5.91 Å². The van der Waals surface area contributed by atoms with Gasteiger partial charge >= 0.3 is 0 Å². The molecule has 0 aromatic heterocycles. The molecule has 126 valence electrons. The lowest BCUT2D eigenvalue weighted by atomic mass is 10.1. The van der Waals surface area contributed by atoms with E-state index in [4.69, 9.17) is 11.5 Å². The minimum Gasteiger partial charge on any atom is -0.343 e. The van der Waals surface area contributed by atoms with Crippen molar-refractivity contribution in [3.63, 3.8) is 0 Å². The average molecular weight is 300 g/mol. The maximum Gasteiger partial charge on any atom is 0.219 e. The number of carbonyl (C=O) groups excluding carboxylic acids is 1. The van der Waals surface area contributed by atoms with Crippen LogP contribution < -0.4 is 16.8 Å². The third-order valence-corrected chi connectivity index (χ3v) is 3.67. The number of carbonyl (C=O) groups is 1. The topological polar surface area (TPSA) is 84.4 Å². The van der Waals surface area contributed by atoms with Gasteiger partial charge in [0.15, 0.2) is 0 Å². The Labute approximate surface area is 130 Å². The first kappa shape index (κ1) is 20.3. The van der Waals surface area contributed by atoms with E-state index in [1.54, 1.807) is 6.92 Å². The van der Waals surface area contributed by atoms with Crippen molar-refractivity contribution in [2.45, 2.75) is 58.3 Å². The summed E-state index contributed by atoms with van der Waals surface area (Å²) >= 11 is 0. The number of amides is 1. The lowest BCUT2D eigenvalue weighted by Gasteiger charge is -2.21. The Morgan fingerprint density at radius 3 is 1.95 bits per heavy atom. The van der Waals surface area contributed by atoms with Gasteiger partial charge in [-0.05, 0) is 58.3 Å². The number of unbranched alkanes of at least 4 members (excludes halogenated alkanes) is 5. The molecule has 0 aliphatic rings. The van der Waals surface area contributed by atoms with Gasteiger partial charge in [-0.3, -0.25) is 4.79 Å². The van der Waals surface area contributed by atoms with E-state index in [1.165, 1.54) is 19.3 Å². The van der Waals surface area contributed by atoms with E-state index in [1.807, 2.05) is 4.90 Å². The molecule has 0 atom stereocenters. The van der Waals surface area contributed by atoms with E-state index in [0.29, 0.717) is 0 Å². The molecule has 0 rings (SSSR count). The second-order valence-electron chi connectivity index (χ2n) is 5.66. The van der Waals surface area contributed by atoms with Gasteiger partial charge in [-0.15, -0.1) is 0 Å². The van der Waals surface area contributed by atoms with Crippen molar-refractivity contribution in [1.29, 1.82) is 0 Å². The van der Waals surface area contributed by atoms with Crippen molar-refractivity contribution < 1.29 is 4.79 Å². The number of nitrogens with two attached hydrogens (primary N) is 2. The molecule has 0 fully saturated rings. The summed E-state index contributed by atoms with van der Waals surface area (Å²) in [6.07, 6.45) is 9.09. The molecule has 0 aliphatic carbocycles. The van der Waals surface area contributed by atoms with Crippen LogP contribution in [-0.4, -0.2) is 50.1 Å². The van der Waals surface area contributed by atoms with E-state index < -0.39 is 0 Å². The summed E-state index contributed by atoms with van der Waals surface area (Å²) in [6.45, 7) is 7.01. The summed E-state index contributed by atoms with van der Waals surface area (Å²) in [5.41, 5.74) is 10.9. The van der Waals surface area contributed by atoms with Gasteiger partial charge in [-0.1, -0.05) is 19.3 Å². The van der Waals surface area contributed by atoms with E-state index >= 15 is 0 Å². The van der Waals surface area contributed by atoms with E-state index in [9.17, 15) is 4.79 Å². The van der Waals surface area contributed by atoms with Crippen molar-refractivity contribution in [3.8, 4) is 0 Å². The van der Waals surface area contributed by atoms with E-state index in [-0.39, 0.29) is 5.91 Å². The first-order chi connectivity index (χ1) is 10.2. The van der Waals surface area contributed by atoms with Crippen LogP contribution in [0, 0.1) is 0 Å². The maximum atomic E-state index is 11.6. The van der Waals surface area contributed by atoms with Crippen LogP contribution in [0.15, 0.2) is 0 Å². The Kier molecular flexibility index (Phi) is 15.2. The molecule has 0 aromatic rings. The second-order valence-corrected chi connectivity index (χ2v) is 5.66. The van der Waals surface area contributed by atoms with Gasteiger partial charge in [-0.2, -0.15) is 0 Å². The summed E-state index contributed by atoms with van der Waals surface area (Å²) in [4.78, 5) is 13.6. The third kappa shape index (κ3) is 14.1. The second kappa shape index (κ2) is 15.7. The Bertz CT molecular complexity index is 236. The molecule has 5 nitrogen and oxygen atoms in total. The van der Waals surface area contributed by atoms with Gasteiger partial charge < -0.3 is 21.7 Å². The fourth-order valence-corrected chi connectivity index (χ4v) is 2.31. The highest BCUT2D eigenvalue weighted by atomic mass is 16.2. The fourth-order valence-electron chi connectivity index (χ4n) is 2.31. The van der Waals surface area contributed by atoms with Gasteiger partial charge in [0.05, 0.1) is 0 Å². The molecule has 5 N–H and O–H groups in total. The average Bonchev–Trinajstić information content (AvgIpc) is 2.47. The molecule has 0 aromatic carbocycles. The lowest BCUT2D eigenvalue weighted by molar-refractivity contribution is -0.129. The zero-order chi connectivity index (χ0) is 15.8. The normalized spacial score (nSPS) is 10.8. The molecule has 0 aliphatic heterocycles. The highest BCUT2D eigenvalue weighted by Crippen LogP contribution is 2.05. The molecule has 0 radical (unpaired) electrons. The van der Waals surface area contributed by atoms with Crippen LogP contribution in [0.1, 0.15) is 58.3 Å². The standard InChI is InChI=1S/C16H36N4O/c1-16(21)20(14-7-4-2-3-5-10-17)15-8-6-12-19-13-9-11-18/h19H,2-15,17-18H2,1H3. The number of rotatable bonds is 15. The number of nitrogens with zero attached hydrogens (tertiary/aromatic N) is 1. The molecule has 1 amide bonds. The molecule has 0 heterocycles. The van der Waals surface area contributed by atoms with Crippen molar-refractivity contribution in [2.75, 3.05) is 39.3 Å². The predicted octanol–water partition coefficient (Wildman–Crippen LogP) is 1.46. The minimum absolute atomic E-state index is 0.202. The number of hydrogen-bond donors (Lipinski definition) is 3. The Morgan fingerprint density at radius 2 is 1.33 bits per heavy atom. The van der Waals surface area contributed by atoms with E-state index in [0.717, 1.165) is 71.4 Å². The number of nitrogens with one attached hydrogen (secondary N) is 1. The van der Waals surface area contributed by atoms with Crippen molar-refractivity contribution in [3.05, 3.63) is 0 Å². The van der Waals surface area contributed by atoms with Crippen LogP contribution in [0.2, 0.25) is 0 Å². The van der Waals surface area contributed by atoms with Gasteiger partial charge in [0.25, 0.3) is 0 Å². The van der Waals surface area contributed by atoms with Crippen LogP contribution in [0.4, 0.5) is 0 Å². The molecule has 0 spiro atoms. The first-order valence-electron chi connectivity index (χ1n) is 8.58. The maximum absolute atomic E-state index is 11.6. The van der Waals surface area contributed by atoms with Crippen LogP contribution in [-0.2, 0) is 4.79 Å². The molecule has 0 saturated heterocycles. The lowest BCUT2D eigenvalue weighted by Crippen LogP contribution is -2.31. The SMILES string of the molecule is CC(=O)N(CCCCCCCN)CCCCNCCCN. The molecule has 0 saturated carbocycles. The molecular weight excluding hydrogens is 264 g/mol. The quantitative estimate of drug-likeness (QED) is 0.400. The Hall–Kier alpha value is -0.650. The van der Waals surface area contributed by atoms with Gasteiger partial charge in [-0.25, -0.2) is 0 Å². The molecule has 21 heavy (non-hydrogen) atoms. The van der Waals surface area contributed by atoms with Gasteiger partial charge in [0, 0.05) is 20.0 Å². The Morgan fingerprint density at radius 1 is 0.810 bits per heavy atom. The van der Waals surface area contributed by atoms with Crippen LogP contribution >= 0.6 is 0 Å². The van der Waals surface area contributed by atoms with Crippen LogP contribution in [0.5, 0.6) is 0 Å². The summed E-state index contributed by atoms with van der Waals surface area (Å²) < 4.78 is 0. The molecule has 0 unspecified atom stereocenters. The summed E-state index contributed by atoms with van der Waals surface area (Å²) in [5, 5.41) is 3.37. The fraction of sp³-hybridized carbons (Fsp3) is 0.938. The summed E-state index contributed by atoms with van der Waals surface area (Å²) in [5.74, 6) is 0.202. The zero-order valence-corrected chi connectivity index (χ0v) is 13.9. The molecule has 5 heteroatoms. The highest BCUT2D eigenvalue weighted by molar-refractivity contribution is 5.73. The van der Waals surface area contributed by atoms with Crippen molar-refractivity contribution in [2.24, 2.45) is 11.5 Å². The molecular formula is C16H36N4O. The summed E-state index contributed by atoms with van der Waals surface area (Å²) in [7, 11) is 0. The van der Waals surface area contributed by atoms with E-state index in [2.05, 4.69) is 5.32 Å². The van der Waals surface area contributed by atoms with Crippen molar-refractivity contribution in [1.82, 2.24) is 10.2 Å². The minimum atomic E-state index is 0.202. The zero-order valence-electron chi connectivity index (χ0n) is 13.9. The Balaban J connectivity index is 3.52. The monoisotopic (exact) mass is 300 g/mol. The van der Waals surface area contributed by atoms with Crippen LogP contribution in [0.25, 0.3) is 0 Å². The first-order valence-corrected chi connectivity index (χ1v) is 8.58. The number of hydrogen-bond acceptors (Lipinski definition) is 4. The van der Waals surface area contributed by atoms with Gasteiger partial charge in [0.2, 0.25) is 5.91 Å². The molecule has 0 bridgehead atoms. The van der Waals surface area contributed by atoms with Gasteiger partial charge in [0.1, 0.15) is 0 Å². The summed E-state index contributed by atoms with van der Waals surface area (Å²) in [6, 6.07) is 0. The van der Waals surface area contributed by atoms with Crippen LogP contribution in [0.3, 0.4) is 0 Å². The third-order valence-electron chi connectivity index (χ3n) is 3.67. The highest BCUT2D eigenvalue weighted by Gasteiger charge is 2.07. The largest absolute Gasteiger partial charge is 0.343 e. The smallest absolute Gasteiger partial charge is 0.219 e.